The van der Waals surface area contributed by atoms with Gasteiger partial charge in [-0.3, -0.25) is 9.48 Å². The van der Waals surface area contributed by atoms with Gasteiger partial charge >= 0.3 is 5.97 Å². The van der Waals surface area contributed by atoms with Gasteiger partial charge in [0.25, 0.3) is 5.91 Å². The first kappa shape index (κ1) is 18.2. The Kier molecular flexibility index (Phi) is 4.97. The molecule has 2 heterocycles. The number of hydrogen-bond donors (Lipinski definition) is 1. The van der Waals surface area contributed by atoms with Crippen LogP contribution in [-0.2, 0) is 16.6 Å². The van der Waals surface area contributed by atoms with Crippen LogP contribution in [0.1, 0.15) is 28.7 Å². The maximum atomic E-state index is 12.4. The van der Waals surface area contributed by atoms with Gasteiger partial charge in [-0.25, -0.2) is 9.48 Å². The molecule has 1 aromatic carbocycles. The molecule has 2 aromatic heterocycles. The third kappa shape index (κ3) is 3.84. The van der Waals surface area contributed by atoms with E-state index in [2.05, 4.69) is 25.9 Å². The molecule has 0 aliphatic carbocycles. The molecule has 0 aliphatic rings. The highest BCUT2D eigenvalue weighted by Gasteiger charge is 2.21. The lowest BCUT2D eigenvalue weighted by Crippen LogP contribution is -2.30. The normalized spacial score (nSPS) is 11.9. The van der Waals surface area contributed by atoms with Gasteiger partial charge in [0.1, 0.15) is 6.33 Å². The van der Waals surface area contributed by atoms with Crippen LogP contribution in [0.5, 0.6) is 0 Å². The third-order valence-corrected chi connectivity index (χ3v) is 4.13. The molecule has 10 heteroatoms. The first-order valence-corrected chi connectivity index (χ1v) is 8.22. The van der Waals surface area contributed by atoms with E-state index in [1.807, 2.05) is 6.92 Å². The fourth-order valence-corrected chi connectivity index (χ4v) is 2.49. The molecule has 10 nitrogen and oxygen atoms in total. The number of benzene rings is 1. The number of amides is 1. The quantitative estimate of drug-likeness (QED) is 0.672. The van der Waals surface area contributed by atoms with E-state index in [-0.39, 0.29) is 0 Å². The Morgan fingerprint density at radius 1 is 1.19 bits per heavy atom. The number of carbonyl (C=O) groups excluding carboxylic acids is 2. The number of tetrazole rings is 1. The van der Waals surface area contributed by atoms with Crippen LogP contribution in [0, 0.1) is 13.8 Å². The standard InChI is InChI=1S/C17H19N7O3/c1-10-15(11(2)23(4)20-10)19-16(25)12(3)27-17(26)13-5-7-14(8-6-13)24-9-18-21-22-24/h5-9,12H,1-4H3,(H,19,25)/t12-/m0/s1. The molecule has 0 saturated heterocycles. The molecule has 0 spiro atoms. The minimum atomic E-state index is -0.962. The first-order chi connectivity index (χ1) is 12.9. The Hall–Kier alpha value is -3.56. The Morgan fingerprint density at radius 2 is 1.89 bits per heavy atom. The minimum absolute atomic E-state index is 0.320. The second kappa shape index (κ2) is 7.36. The highest BCUT2D eigenvalue weighted by atomic mass is 16.5. The number of nitrogens with one attached hydrogen (secondary N) is 1. The fraction of sp³-hybridized carbons (Fsp3) is 0.294. The van der Waals surface area contributed by atoms with Crippen LogP contribution < -0.4 is 5.32 Å². The van der Waals surface area contributed by atoms with Crippen molar-refractivity contribution in [2.75, 3.05) is 5.32 Å². The van der Waals surface area contributed by atoms with Crippen LogP contribution in [-0.4, -0.2) is 48.0 Å². The summed E-state index contributed by atoms with van der Waals surface area (Å²) in [6, 6.07) is 6.53. The smallest absolute Gasteiger partial charge is 0.338 e. The average molecular weight is 369 g/mol. The van der Waals surface area contributed by atoms with Gasteiger partial charge in [-0.05, 0) is 55.5 Å². The van der Waals surface area contributed by atoms with Crippen molar-refractivity contribution >= 4 is 17.6 Å². The lowest BCUT2D eigenvalue weighted by atomic mass is 10.2. The van der Waals surface area contributed by atoms with Gasteiger partial charge in [0, 0.05) is 7.05 Å². The molecule has 140 valence electrons. The van der Waals surface area contributed by atoms with Crippen molar-refractivity contribution in [2.45, 2.75) is 26.9 Å². The van der Waals surface area contributed by atoms with Crippen LogP contribution >= 0.6 is 0 Å². The predicted octanol–water partition coefficient (Wildman–Crippen LogP) is 1.20. The lowest BCUT2D eigenvalue weighted by Gasteiger charge is -2.14. The number of rotatable bonds is 5. The van der Waals surface area contributed by atoms with Gasteiger partial charge in [-0.1, -0.05) is 0 Å². The SMILES string of the molecule is Cc1nn(C)c(C)c1NC(=O)[C@H](C)OC(=O)c1ccc(-n2cnnn2)cc1. The predicted molar refractivity (Wildman–Crippen MR) is 95.3 cm³/mol. The largest absolute Gasteiger partial charge is 0.449 e. The summed E-state index contributed by atoms with van der Waals surface area (Å²) in [5.74, 6) is -1.02. The van der Waals surface area contributed by atoms with E-state index in [0.29, 0.717) is 22.6 Å². The average Bonchev–Trinajstić information content (AvgIpc) is 3.26. The van der Waals surface area contributed by atoms with Crippen molar-refractivity contribution in [3.8, 4) is 5.69 Å². The van der Waals surface area contributed by atoms with Crippen molar-refractivity contribution in [1.82, 2.24) is 30.0 Å². The summed E-state index contributed by atoms with van der Waals surface area (Å²) in [6.45, 7) is 5.16. The van der Waals surface area contributed by atoms with Gasteiger partial charge < -0.3 is 10.1 Å². The van der Waals surface area contributed by atoms with Crippen molar-refractivity contribution in [3.05, 3.63) is 47.5 Å². The summed E-state index contributed by atoms with van der Waals surface area (Å²) < 4.78 is 8.40. The Morgan fingerprint density at radius 3 is 2.44 bits per heavy atom. The van der Waals surface area contributed by atoms with Crippen molar-refractivity contribution in [2.24, 2.45) is 7.05 Å². The molecular formula is C17H19N7O3. The van der Waals surface area contributed by atoms with E-state index in [4.69, 9.17) is 4.74 Å². The molecule has 0 saturated carbocycles. The van der Waals surface area contributed by atoms with Crippen molar-refractivity contribution in [3.63, 3.8) is 0 Å². The topological polar surface area (TPSA) is 117 Å². The summed E-state index contributed by atoms with van der Waals surface area (Å²) in [7, 11) is 1.79. The number of esters is 1. The molecule has 1 N–H and O–H groups in total. The molecule has 27 heavy (non-hydrogen) atoms. The van der Waals surface area contributed by atoms with Crippen LogP contribution in [0.3, 0.4) is 0 Å². The summed E-state index contributed by atoms with van der Waals surface area (Å²) in [6.07, 6.45) is 0.484. The lowest BCUT2D eigenvalue weighted by molar-refractivity contribution is -0.123. The van der Waals surface area contributed by atoms with E-state index < -0.39 is 18.0 Å². The maximum absolute atomic E-state index is 12.4. The Bertz CT molecular complexity index is 961. The van der Waals surface area contributed by atoms with Gasteiger partial charge in [-0.15, -0.1) is 5.10 Å². The van der Waals surface area contributed by atoms with E-state index in [9.17, 15) is 9.59 Å². The van der Waals surface area contributed by atoms with Gasteiger partial charge in [0.05, 0.1) is 28.3 Å². The van der Waals surface area contributed by atoms with Gasteiger partial charge in [-0.2, -0.15) is 5.10 Å². The van der Waals surface area contributed by atoms with Crippen LogP contribution in [0.2, 0.25) is 0 Å². The van der Waals surface area contributed by atoms with Crippen molar-refractivity contribution in [1.29, 1.82) is 0 Å². The number of anilines is 1. The van der Waals surface area contributed by atoms with E-state index in [0.717, 1.165) is 5.69 Å². The second-order valence-electron chi connectivity index (χ2n) is 6.01. The van der Waals surface area contributed by atoms with E-state index in [1.54, 1.807) is 42.9 Å². The number of aryl methyl sites for hydroxylation is 2. The van der Waals surface area contributed by atoms with Crippen LogP contribution in [0.4, 0.5) is 5.69 Å². The van der Waals surface area contributed by atoms with E-state index >= 15 is 0 Å². The van der Waals surface area contributed by atoms with E-state index in [1.165, 1.54) is 17.9 Å². The summed E-state index contributed by atoms with van der Waals surface area (Å²) in [5.41, 5.74) is 3.15. The zero-order valence-corrected chi connectivity index (χ0v) is 15.4. The van der Waals surface area contributed by atoms with Crippen molar-refractivity contribution < 1.29 is 14.3 Å². The third-order valence-electron chi connectivity index (χ3n) is 4.13. The summed E-state index contributed by atoms with van der Waals surface area (Å²) in [5, 5.41) is 17.9. The monoisotopic (exact) mass is 369 g/mol. The highest BCUT2D eigenvalue weighted by Crippen LogP contribution is 2.19. The molecule has 3 aromatic rings. The molecule has 0 aliphatic heterocycles. The molecule has 0 unspecified atom stereocenters. The van der Waals surface area contributed by atoms with Crippen LogP contribution in [0.15, 0.2) is 30.6 Å². The zero-order valence-electron chi connectivity index (χ0n) is 15.4. The molecule has 0 fully saturated rings. The second-order valence-corrected chi connectivity index (χ2v) is 6.01. The number of nitrogens with zero attached hydrogens (tertiary/aromatic N) is 6. The molecule has 0 radical (unpaired) electrons. The number of ether oxygens (including phenoxy) is 1. The van der Waals surface area contributed by atoms with Gasteiger partial charge in [0.2, 0.25) is 0 Å². The number of aromatic nitrogens is 6. The Balaban J connectivity index is 1.63. The molecule has 1 amide bonds. The van der Waals surface area contributed by atoms with Gasteiger partial charge in [0.15, 0.2) is 6.10 Å². The Labute approximate surface area is 155 Å². The summed E-state index contributed by atoms with van der Waals surface area (Å²) >= 11 is 0. The summed E-state index contributed by atoms with van der Waals surface area (Å²) in [4.78, 5) is 24.6. The first-order valence-electron chi connectivity index (χ1n) is 8.22. The number of carbonyl (C=O) groups is 2. The zero-order chi connectivity index (χ0) is 19.6. The molecule has 1 atom stereocenters. The molecule has 0 bridgehead atoms. The highest BCUT2D eigenvalue weighted by molar-refractivity contribution is 5.98. The fourth-order valence-electron chi connectivity index (χ4n) is 2.49. The number of hydrogen-bond acceptors (Lipinski definition) is 7. The minimum Gasteiger partial charge on any atom is -0.449 e. The maximum Gasteiger partial charge on any atom is 0.338 e. The van der Waals surface area contributed by atoms with Crippen LogP contribution in [0.25, 0.3) is 5.69 Å². The molecule has 3 rings (SSSR count). The molecular weight excluding hydrogens is 350 g/mol.